The standard InChI is InChI=1S/C19H27ClN2O3/c1-4-16(24)17(13(2)3)18(21)19(25)22(11-10-15(23)12-20)14-8-6-5-7-9-14/h5-9,13,17-18H,4,10-12,21H2,1-3H3/t17?,18-/m0/s1. The summed E-state index contributed by atoms with van der Waals surface area (Å²) in [5.74, 6) is -1.21. The van der Waals surface area contributed by atoms with Gasteiger partial charge in [0.2, 0.25) is 5.91 Å². The van der Waals surface area contributed by atoms with Crippen molar-refractivity contribution in [1.82, 2.24) is 0 Å². The highest BCUT2D eigenvalue weighted by Gasteiger charge is 2.35. The fourth-order valence-corrected chi connectivity index (χ4v) is 2.97. The first-order chi connectivity index (χ1) is 11.8. The lowest BCUT2D eigenvalue weighted by molar-refractivity contribution is -0.130. The molecule has 0 aliphatic carbocycles. The summed E-state index contributed by atoms with van der Waals surface area (Å²) in [7, 11) is 0. The van der Waals surface area contributed by atoms with Gasteiger partial charge in [0.15, 0.2) is 0 Å². The average Bonchev–Trinajstić information content (AvgIpc) is 2.61. The molecule has 0 saturated heterocycles. The van der Waals surface area contributed by atoms with Gasteiger partial charge in [0.1, 0.15) is 11.6 Å². The summed E-state index contributed by atoms with van der Waals surface area (Å²) in [6, 6.07) is 8.07. The molecular weight excluding hydrogens is 340 g/mol. The number of nitrogens with zero attached hydrogens (tertiary/aromatic N) is 1. The summed E-state index contributed by atoms with van der Waals surface area (Å²) in [5.41, 5.74) is 6.84. The Hall–Kier alpha value is -1.72. The summed E-state index contributed by atoms with van der Waals surface area (Å²) in [5, 5.41) is 0. The maximum atomic E-state index is 13.0. The van der Waals surface area contributed by atoms with Gasteiger partial charge in [-0.15, -0.1) is 11.6 Å². The highest BCUT2D eigenvalue weighted by Crippen LogP contribution is 2.22. The minimum atomic E-state index is -0.946. The number of anilines is 1. The first-order valence-electron chi connectivity index (χ1n) is 8.55. The van der Waals surface area contributed by atoms with Crippen LogP contribution in [0.2, 0.25) is 0 Å². The highest BCUT2D eigenvalue weighted by atomic mass is 35.5. The number of halogens is 1. The number of para-hydroxylation sites is 1. The zero-order valence-electron chi connectivity index (χ0n) is 15.1. The van der Waals surface area contributed by atoms with Crippen LogP contribution >= 0.6 is 11.6 Å². The van der Waals surface area contributed by atoms with Gasteiger partial charge < -0.3 is 10.6 Å². The van der Waals surface area contributed by atoms with Crippen molar-refractivity contribution in [2.75, 3.05) is 17.3 Å². The zero-order valence-corrected chi connectivity index (χ0v) is 15.8. The van der Waals surface area contributed by atoms with Crippen molar-refractivity contribution in [2.45, 2.75) is 39.7 Å². The molecule has 2 N–H and O–H groups in total. The maximum Gasteiger partial charge on any atom is 0.244 e. The lowest BCUT2D eigenvalue weighted by atomic mass is 9.83. The van der Waals surface area contributed by atoms with E-state index in [1.807, 2.05) is 32.0 Å². The van der Waals surface area contributed by atoms with E-state index in [1.54, 1.807) is 19.1 Å². The number of amides is 1. The average molecular weight is 367 g/mol. The largest absolute Gasteiger partial charge is 0.319 e. The molecule has 0 bridgehead atoms. The fourth-order valence-electron chi connectivity index (χ4n) is 2.83. The van der Waals surface area contributed by atoms with Gasteiger partial charge in [-0.3, -0.25) is 14.4 Å². The summed E-state index contributed by atoms with van der Waals surface area (Å²) < 4.78 is 0. The summed E-state index contributed by atoms with van der Waals surface area (Å²) in [4.78, 5) is 38.3. The summed E-state index contributed by atoms with van der Waals surface area (Å²) in [6.45, 7) is 5.72. The van der Waals surface area contributed by atoms with E-state index >= 15 is 0 Å². The first-order valence-corrected chi connectivity index (χ1v) is 9.09. The predicted octanol–water partition coefficient (Wildman–Crippen LogP) is 2.80. The van der Waals surface area contributed by atoms with Crippen molar-refractivity contribution in [3.8, 4) is 0 Å². The maximum absolute atomic E-state index is 13.0. The number of rotatable bonds is 10. The molecule has 0 aliphatic heterocycles. The molecule has 1 rings (SSSR count). The normalized spacial score (nSPS) is 13.4. The third kappa shape index (κ3) is 5.94. The molecule has 2 atom stereocenters. The second-order valence-corrected chi connectivity index (χ2v) is 6.63. The van der Waals surface area contributed by atoms with Crippen LogP contribution in [0, 0.1) is 11.8 Å². The lowest BCUT2D eigenvalue weighted by Crippen LogP contribution is -2.52. The molecule has 0 aromatic heterocycles. The fraction of sp³-hybridized carbons (Fsp3) is 0.526. The van der Waals surface area contributed by atoms with E-state index in [2.05, 4.69) is 0 Å². The molecular formula is C19H27ClN2O3. The minimum absolute atomic E-state index is 0.0271. The van der Waals surface area contributed by atoms with Gasteiger partial charge in [-0.25, -0.2) is 0 Å². The molecule has 0 spiro atoms. The van der Waals surface area contributed by atoms with E-state index in [0.717, 1.165) is 0 Å². The lowest BCUT2D eigenvalue weighted by Gasteiger charge is -2.31. The number of nitrogens with two attached hydrogens (primary N) is 1. The Labute approximate surface area is 154 Å². The molecule has 6 heteroatoms. The molecule has 1 amide bonds. The van der Waals surface area contributed by atoms with Crippen LogP contribution in [-0.4, -0.2) is 35.9 Å². The molecule has 25 heavy (non-hydrogen) atoms. The van der Waals surface area contributed by atoms with Crippen molar-refractivity contribution in [3.05, 3.63) is 30.3 Å². The number of hydrogen-bond acceptors (Lipinski definition) is 4. The topological polar surface area (TPSA) is 80.5 Å². The quantitative estimate of drug-likeness (QED) is 0.645. The Morgan fingerprint density at radius 2 is 1.76 bits per heavy atom. The summed E-state index contributed by atoms with van der Waals surface area (Å²) >= 11 is 5.55. The van der Waals surface area contributed by atoms with E-state index in [9.17, 15) is 14.4 Å². The van der Waals surface area contributed by atoms with Gasteiger partial charge in [0.25, 0.3) is 0 Å². The molecule has 0 aliphatic rings. The minimum Gasteiger partial charge on any atom is -0.319 e. The summed E-state index contributed by atoms with van der Waals surface area (Å²) in [6.07, 6.45) is 0.477. The van der Waals surface area contributed by atoms with Crippen molar-refractivity contribution in [1.29, 1.82) is 0 Å². The van der Waals surface area contributed by atoms with Crippen LogP contribution in [0.5, 0.6) is 0 Å². The molecule has 5 nitrogen and oxygen atoms in total. The number of alkyl halides is 1. The Kier molecular flexibility index (Phi) is 8.79. The Morgan fingerprint density at radius 3 is 2.24 bits per heavy atom. The van der Waals surface area contributed by atoms with Crippen molar-refractivity contribution >= 4 is 34.8 Å². The predicted molar refractivity (Wildman–Crippen MR) is 101 cm³/mol. The molecule has 138 valence electrons. The molecule has 1 unspecified atom stereocenters. The van der Waals surface area contributed by atoms with Crippen LogP contribution in [0.4, 0.5) is 5.69 Å². The van der Waals surface area contributed by atoms with Crippen LogP contribution < -0.4 is 10.6 Å². The number of carbonyl (C=O) groups is 3. The third-order valence-electron chi connectivity index (χ3n) is 4.21. The monoisotopic (exact) mass is 366 g/mol. The van der Waals surface area contributed by atoms with Crippen molar-refractivity contribution < 1.29 is 14.4 Å². The number of ketones is 2. The van der Waals surface area contributed by atoms with Crippen LogP contribution in [0.3, 0.4) is 0 Å². The molecule has 1 aromatic carbocycles. The van der Waals surface area contributed by atoms with Crippen molar-refractivity contribution in [3.63, 3.8) is 0 Å². The number of Topliss-reactive ketones (excluding diaryl/α,β-unsaturated/α-hetero) is 2. The van der Waals surface area contributed by atoms with E-state index in [4.69, 9.17) is 17.3 Å². The molecule has 0 fully saturated rings. The number of hydrogen-bond donors (Lipinski definition) is 1. The van der Waals surface area contributed by atoms with Crippen molar-refractivity contribution in [2.24, 2.45) is 17.6 Å². The van der Waals surface area contributed by atoms with Crippen LogP contribution in [0.15, 0.2) is 30.3 Å². The van der Waals surface area contributed by atoms with Gasteiger partial charge in [-0.2, -0.15) is 0 Å². The van der Waals surface area contributed by atoms with Gasteiger partial charge in [-0.05, 0) is 18.1 Å². The Balaban J connectivity index is 3.08. The van der Waals surface area contributed by atoms with Gasteiger partial charge in [-0.1, -0.05) is 39.0 Å². The number of carbonyl (C=O) groups excluding carboxylic acids is 3. The second kappa shape index (κ2) is 10.3. The van der Waals surface area contributed by atoms with Gasteiger partial charge in [0, 0.05) is 31.0 Å². The second-order valence-electron chi connectivity index (χ2n) is 6.36. The molecule has 0 radical (unpaired) electrons. The first kappa shape index (κ1) is 21.3. The smallest absolute Gasteiger partial charge is 0.244 e. The Morgan fingerprint density at radius 1 is 1.16 bits per heavy atom. The molecule has 0 saturated carbocycles. The van der Waals surface area contributed by atoms with Crippen LogP contribution in [-0.2, 0) is 14.4 Å². The van der Waals surface area contributed by atoms with Gasteiger partial charge >= 0.3 is 0 Å². The third-order valence-corrected chi connectivity index (χ3v) is 4.51. The van der Waals surface area contributed by atoms with Crippen LogP contribution in [0.1, 0.15) is 33.6 Å². The number of benzene rings is 1. The molecule has 0 heterocycles. The van der Waals surface area contributed by atoms with E-state index in [0.29, 0.717) is 12.1 Å². The van der Waals surface area contributed by atoms with E-state index in [-0.39, 0.29) is 42.2 Å². The Bertz CT molecular complexity index is 590. The zero-order chi connectivity index (χ0) is 19.0. The van der Waals surface area contributed by atoms with Gasteiger partial charge in [0.05, 0.1) is 11.9 Å². The van der Waals surface area contributed by atoms with Crippen LogP contribution in [0.25, 0.3) is 0 Å². The SMILES string of the molecule is CCC(=O)C(C(C)C)[C@H](N)C(=O)N(CCC(=O)CCl)c1ccccc1. The van der Waals surface area contributed by atoms with E-state index < -0.39 is 12.0 Å². The molecule has 1 aromatic rings. The van der Waals surface area contributed by atoms with E-state index in [1.165, 1.54) is 4.90 Å². The highest BCUT2D eigenvalue weighted by molar-refractivity contribution is 6.27.